The molecule has 2 amide bonds. The van der Waals surface area contributed by atoms with E-state index in [9.17, 15) is 19.5 Å². The molecule has 2 saturated heterocycles. The maximum atomic E-state index is 15.3. The third kappa shape index (κ3) is 6.48. The van der Waals surface area contributed by atoms with E-state index in [1.165, 1.54) is 12.3 Å². The number of hydrogen-bond donors (Lipinski definition) is 2. The average molecular weight is 626 g/mol. The fraction of sp³-hybridized carbons (Fsp3) is 0.485. The Kier molecular flexibility index (Phi) is 8.94. The molecular formula is C33H37ClFN3O6. The van der Waals surface area contributed by atoms with Crippen LogP contribution < -0.4 is 5.32 Å². The fourth-order valence-electron chi connectivity index (χ4n) is 6.82. The van der Waals surface area contributed by atoms with Gasteiger partial charge in [-0.25, -0.2) is 4.39 Å². The first-order valence-electron chi connectivity index (χ1n) is 15.3. The molecule has 234 valence electrons. The van der Waals surface area contributed by atoms with Crippen molar-refractivity contribution in [3.8, 4) is 0 Å². The van der Waals surface area contributed by atoms with Crippen LogP contribution in [-0.2, 0) is 20.7 Å². The molecule has 6 rings (SSSR count). The molecule has 2 aliphatic heterocycles. The number of carbonyl (C=O) groups excluding carboxylic acids is 2. The number of para-hydroxylation sites is 1. The van der Waals surface area contributed by atoms with Gasteiger partial charge in [0.2, 0.25) is 5.91 Å². The van der Waals surface area contributed by atoms with E-state index in [-0.39, 0.29) is 52.7 Å². The molecule has 3 aromatic rings. The highest BCUT2D eigenvalue weighted by Crippen LogP contribution is 2.32. The summed E-state index contributed by atoms with van der Waals surface area (Å²) in [4.78, 5) is 42.1. The number of benzene rings is 2. The number of furan rings is 1. The minimum absolute atomic E-state index is 0.0234. The predicted octanol–water partition coefficient (Wildman–Crippen LogP) is 5.60. The maximum Gasteiger partial charge on any atom is 0.306 e. The van der Waals surface area contributed by atoms with Gasteiger partial charge in [0.1, 0.15) is 17.7 Å². The quantitative estimate of drug-likeness (QED) is 0.318. The molecular weight excluding hydrogens is 589 g/mol. The SMILES string of the molecule is CC1CN([C@H]2C[C@@H](CO[C@H]3CC[C@H](C(=O)O)CC3)N(C(=O)Cc3cc(Cl)c(NC(=O)c4coc5ccccc45)cc3F)C2)C1. The summed E-state index contributed by atoms with van der Waals surface area (Å²) in [6.45, 7) is 5.11. The lowest BCUT2D eigenvalue weighted by Crippen LogP contribution is -2.52. The monoisotopic (exact) mass is 625 g/mol. The van der Waals surface area contributed by atoms with Crippen molar-refractivity contribution in [3.63, 3.8) is 0 Å². The highest BCUT2D eigenvalue weighted by Gasteiger charge is 2.41. The van der Waals surface area contributed by atoms with Gasteiger partial charge in [-0.3, -0.25) is 19.3 Å². The molecule has 2 aromatic carbocycles. The molecule has 3 fully saturated rings. The van der Waals surface area contributed by atoms with Crippen LogP contribution in [0, 0.1) is 17.7 Å². The first-order valence-corrected chi connectivity index (χ1v) is 15.7. The van der Waals surface area contributed by atoms with Crippen molar-refractivity contribution in [2.45, 2.75) is 63.6 Å². The van der Waals surface area contributed by atoms with Crippen LogP contribution in [0.25, 0.3) is 11.0 Å². The zero-order valence-corrected chi connectivity index (χ0v) is 25.4. The number of fused-ring (bicyclic) bond motifs is 1. The van der Waals surface area contributed by atoms with Gasteiger partial charge in [0.15, 0.2) is 0 Å². The Morgan fingerprint density at radius 2 is 1.86 bits per heavy atom. The lowest BCUT2D eigenvalue weighted by atomic mass is 9.87. The Morgan fingerprint density at radius 1 is 1.11 bits per heavy atom. The van der Waals surface area contributed by atoms with Crippen molar-refractivity contribution in [2.75, 3.05) is 31.6 Å². The number of halogens is 2. The number of amides is 2. The molecule has 11 heteroatoms. The first-order chi connectivity index (χ1) is 21.2. The number of carboxylic acid groups (broad SMARTS) is 1. The van der Waals surface area contributed by atoms with Crippen LogP contribution in [0.5, 0.6) is 0 Å². The molecule has 1 aromatic heterocycles. The molecule has 44 heavy (non-hydrogen) atoms. The predicted molar refractivity (Wildman–Crippen MR) is 163 cm³/mol. The molecule has 1 aliphatic carbocycles. The summed E-state index contributed by atoms with van der Waals surface area (Å²) in [5.41, 5.74) is 1.12. The van der Waals surface area contributed by atoms with E-state index in [2.05, 4.69) is 17.1 Å². The van der Waals surface area contributed by atoms with Gasteiger partial charge in [0.05, 0.1) is 47.4 Å². The number of aliphatic carboxylic acids is 1. The summed E-state index contributed by atoms with van der Waals surface area (Å²) in [7, 11) is 0. The molecule has 0 radical (unpaired) electrons. The van der Waals surface area contributed by atoms with Gasteiger partial charge >= 0.3 is 5.97 Å². The zero-order chi connectivity index (χ0) is 31.0. The molecule has 2 atom stereocenters. The summed E-state index contributed by atoms with van der Waals surface area (Å²) >= 11 is 6.47. The Labute approximate surface area is 260 Å². The number of nitrogens with one attached hydrogen (secondary N) is 1. The molecule has 3 heterocycles. The fourth-order valence-corrected chi connectivity index (χ4v) is 7.05. The van der Waals surface area contributed by atoms with Crippen LogP contribution in [0.15, 0.2) is 47.1 Å². The van der Waals surface area contributed by atoms with Crippen molar-refractivity contribution in [2.24, 2.45) is 11.8 Å². The summed E-state index contributed by atoms with van der Waals surface area (Å²) < 4.78 is 27.0. The number of nitrogens with zero attached hydrogens (tertiary/aromatic N) is 2. The number of hydrogen-bond acceptors (Lipinski definition) is 6. The van der Waals surface area contributed by atoms with Gasteiger partial charge in [-0.15, -0.1) is 0 Å². The van der Waals surface area contributed by atoms with Crippen LogP contribution in [0.3, 0.4) is 0 Å². The van der Waals surface area contributed by atoms with Gasteiger partial charge in [-0.1, -0.05) is 36.7 Å². The van der Waals surface area contributed by atoms with E-state index in [1.54, 1.807) is 24.3 Å². The van der Waals surface area contributed by atoms with Crippen molar-refractivity contribution in [1.29, 1.82) is 0 Å². The normalized spacial score (nSPS) is 24.4. The zero-order valence-electron chi connectivity index (χ0n) is 24.6. The molecule has 2 N–H and O–H groups in total. The Morgan fingerprint density at radius 3 is 2.59 bits per heavy atom. The summed E-state index contributed by atoms with van der Waals surface area (Å²) in [5.74, 6) is -1.77. The number of likely N-dealkylation sites (tertiary alicyclic amines) is 2. The molecule has 0 bridgehead atoms. The number of carboxylic acids is 1. The molecule has 1 saturated carbocycles. The minimum atomic E-state index is -0.753. The molecule has 3 aliphatic rings. The van der Waals surface area contributed by atoms with Crippen LogP contribution >= 0.6 is 11.6 Å². The molecule has 0 spiro atoms. The topological polar surface area (TPSA) is 112 Å². The summed E-state index contributed by atoms with van der Waals surface area (Å²) in [5, 5.41) is 12.7. The van der Waals surface area contributed by atoms with Crippen molar-refractivity contribution < 1.29 is 33.0 Å². The highest BCUT2D eigenvalue weighted by atomic mass is 35.5. The Balaban J connectivity index is 1.11. The van der Waals surface area contributed by atoms with Gasteiger partial charge in [0, 0.05) is 31.1 Å². The average Bonchev–Trinajstić information content (AvgIpc) is 3.62. The summed E-state index contributed by atoms with van der Waals surface area (Å²) in [6.07, 6.45) is 4.50. The number of anilines is 1. The third-order valence-corrected chi connectivity index (χ3v) is 9.63. The molecule has 0 unspecified atom stereocenters. The van der Waals surface area contributed by atoms with Gasteiger partial charge < -0.3 is 24.5 Å². The van der Waals surface area contributed by atoms with Crippen molar-refractivity contribution in [3.05, 3.63) is 64.6 Å². The third-order valence-electron chi connectivity index (χ3n) is 9.32. The maximum absolute atomic E-state index is 15.3. The van der Waals surface area contributed by atoms with E-state index in [0.29, 0.717) is 61.3 Å². The number of ether oxygens (including phenoxy) is 1. The second-order valence-corrected chi connectivity index (χ2v) is 12.9. The largest absolute Gasteiger partial charge is 0.481 e. The Hall–Kier alpha value is -3.47. The van der Waals surface area contributed by atoms with Gasteiger partial charge in [-0.05, 0) is 61.8 Å². The van der Waals surface area contributed by atoms with Crippen molar-refractivity contribution in [1.82, 2.24) is 9.80 Å². The second kappa shape index (κ2) is 12.9. The smallest absolute Gasteiger partial charge is 0.306 e. The first kappa shape index (κ1) is 30.6. The van der Waals surface area contributed by atoms with Crippen molar-refractivity contribution >= 4 is 46.0 Å². The standard InChI is InChI=1S/C33H37ClFN3O6/c1-19-14-37(15-19)22-12-23(17-43-24-8-6-20(7-9-24)33(41)42)38(16-22)31(39)11-21-10-27(34)29(13-28(21)35)36-32(40)26-18-44-30-5-3-2-4-25(26)30/h2-5,10,13,18-20,22-24H,6-9,11-12,14-17H2,1H3,(H,36,40)(H,41,42)/t20-,22-,23-,24-/m0/s1. The summed E-state index contributed by atoms with van der Waals surface area (Å²) in [6, 6.07) is 9.72. The number of carbonyl (C=O) groups is 3. The van der Waals surface area contributed by atoms with Crippen LogP contribution in [-0.4, -0.2) is 77.1 Å². The lowest BCUT2D eigenvalue weighted by molar-refractivity contribution is -0.144. The minimum Gasteiger partial charge on any atom is -0.481 e. The highest BCUT2D eigenvalue weighted by molar-refractivity contribution is 6.34. The number of rotatable bonds is 9. The lowest BCUT2D eigenvalue weighted by Gasteiger charge is -2.41. The van der Waals surface area contributed by atoms with E-state index in [4.69, 9.17) is 20.8 Å². The molecule has 9 nitrogen and oxygen atoms in total. The van der Waals surface area contributed by atoms with E-state index in [0.717, 1.165) is 25.6 Å². The van der Waals surface area contributed by atoms with E-state index < -0.39 is 17.7 Å². The van der Waals surface area contributed by atoms with Gasteiger partial charge in [0.25, 0.3) is 5.91 Å². The Bertz CT molecular complexity index is 1550. The van der Waals surface area contributed by atoms with Gasteiger partial charge in [-0.2, -0.15) is 0 Å². The second-order valence-electron chi connectivity index (χ2n) is 12.5. The van der Waals surface area contributed by atoms with Crippen LogP contribution in [0.2, 0.25) is 5.02 Å². The van der Waals surface area contributed by atoms with Crippen LogP contribution in [0.4, 0.5) is 10.1 Å². The van der Waals surface area contributed by atoms with E-state index in [1.807, 2.05) is 4.90 Å². The van der Waals surface area contributed by atoms with E-state index >= 15 is 4.39 Å². The van der Waals surface area contributed by atoms with Crippen LogP contribution in [0.1, 0.15) is 54.9 Å².